The third-order valence-corrected chi connectivity index (χ3v) is 4.07. The molecule has 1 aromatic rings. The number of nitrogens with zero attached hydrogens (tertiary/aromatic N) is 2. The predicted octanol–water partition coefficient (Wildman–Crippen LogP) is 2.06. The van der Waals surface area contributed by atoms with E-state index in [9.17, 15) is 9.59 Å². The molecule has 1 N–H and O–H groups in total. The molecule has 0 bridgehead atoms. The van der Waals surface area contributed by atoms with E-state index in [0.717, 1.165) is 37.5 Å². The fourth-order valence-electron chi connectivity index (χ4n) is 2.58. The Morgan fingerprint density at radius 2 is 1.77 bits per heavy atom. The summed E-state index contributed by atoms with van der Waals surface area (Å²) in [7, 11) is 3.44. The maximum Gasteiger partial charge on any atom is 0.253 e. The Hall–Kier alpha value is -1.88. The molecule has 0 spiro atoms. The van der Waals surface area contributed by atoms with Crippen molar-refractivity contribution in [3.8, 4) is 0 Å². The summed E-state index contributed by atoms with van der Waals surface area (Å²) in [6, 6.07) is 7.01. The van der Waals surface area contributed by atoms with E-state index in [4.69, 9.17) is 0 Å². The van der Waals surface area contributed by atoms with Gasteiger partial charge in [0.2, 0.25) is 5.91 Å². The van der Waals surface area contributed by atoms with Gasteiger partial charge in [0.05, 0.1) is 6.54 Å². The third kappa shape index (κ3) is 4.56. The van der Waals surface area contributed by atoms with Crippen LogP contribution in [0.1, 0.15) is 30.1 Å². The van der Waals surface area contributed by atoms with E-state index in [0.29, 0.717) is 12.1 Å². The van der Waals surface area contributed by atoms with Crippen molar-refractivity contribution in [1.29, 1.82) is 0 Å². The average Bonchev–Trinajstić information content (AvgIpc) is 2.49. The number of piperidine rings is 1. The van der Waals surface area contributed by atoms with Crippen molar-refractivity contribution in [2.24, 2.45) is 5.92 Å². The van der Waals surface area contributed by atoms with E-state index in [1.807, 2.05) is 0 Å². The molecule has 0 aromatic heterocycles. The summed E-state index contributed by atoms with van der Waals surface area (Å²) in [5, 5.41) is 2.89. The molecule has 5 nitrogen and oxygen atoms in total. The van der Waals surface area contributed by atoms with E-state index in [-0.39, 0.29) is 11.8 Å². The van der Waals surface area contributed by atoms with Gasteiger partial charge in [-0.25, -0.2) is 0 Å². The van der Waals surface area contributed by atoms with Gasteiger partial charge in [0, 0.05) is 25.3 Å². The minimum atomic E-state index is -0.0414. The van der Waals surface area contributed by atoms with Gasteiger partial charge in [-0.15, -0.1) is 0 Å². The minimum absolute atomic E-state index is 0.00115. The third-order valence-electron chi connectivity index (χ3n) is 4.07. The molecule has 0 aliphatic carbocycles. The van der Waals surface area contributed by atoms with Crippen molar-refractivity contribution in [1.82, 2.24) is 9.80 Å². The van der Waals surface area contributed by atoms with Gasteiger partial charge >= 0.3 is 0 Å². The number of benzene rings is 1. The van der Waals surface area contributed by atoms with Crippen LogP contribution in [0, 0.1) is 5.92 Å². The second-order valence-corrected chi connectivity index (χ2v) is 6.28. The van der Waals surface area contributed by atoms with Crippen molar-refractivity contribution in [3.05, 3.63) is 29.8 Å². The highest BCUT2D eigenvalue weighted by Gasteiger charge is 2.18. The van der Waals surface area contributed by atoms with Gasteiger partial charge in [-0.1, -0.05) is 6.92 Å². The normalized spacial score (nSPS) is 16.3. The topological polar surface area (TPSA) is 52.7 Å². The van der Waals surface area contributed by atoms with Crippen LogP contribution < -0.4 is 5.32 Å². The van der Waals surface area contributed by atoms with Gasteiger partial charge in [-0.2, -0.15) is 0 Å². The molecule has 0 saturated carbocycles. The van der Waals surface area contributed by atoms with Crippen LogP contribution in [0.2, 0.25) is 0 Å². The van der Waals surface area contributed by atoms with Crippen molar-refractivity contribution in [3.63, 3.8) is 0 Å². The number of likely N-dealkylation sites (tertiary alicyclic amines) is 1. The number of hydrogen-bond acceptors (Lipinski definition) is 3. The molecule has 1 heterocycles. The lowest BCUT2D eigenvalue weighted by atomic mass is 9.99. The standard InChI is InChI=1S/C17H25N3O2/c1-13-8-10-20(11-9-13)12-16(21)18-15-6-4-14(5-7-15)17(22)19(2)3/h4-7,13H,8-12H2,1-3H3,(H,18,21). The molecule has 0 unspecified atom stereocenters. The van der Waals surface area contributed by atoms with Crippen molar-refractivity contribution >= 4 is 17.5 Å². The molecule has 2 rings (SSSR count). The molecule has 0 radical (unpaired) electrons. The van der Waals surface area contributed by atoms with Crippen LogP contribution in [0.25, 0.3) is 0 Å². The quantitative estimate of drug-likeness (QED) is 0.926. The molecule has 1 fully saturated rings. The van der Waals surface area contributed by atoms with Crippen LogP contribution in [0.15, 0.2) is 24.3 Å². The summed E-state index contributed by atoms with van der Waals surface area (Å²) in [6.45, 7) is 4.68. The second-order valence-electron chi connectivity index (χ2n) is 6.28. The van der Waals surface area contributed by atoms with Crippen LogP contribution in [0.3, 0.4) is 0 Å². The van der Waals surface area contributed by atoms with Gasteiger partial charge < -0.3 is 10.2 Å². The van der Waals surface area contributed by atoms with Gasteiger partial charge in [0.25, 0.3) is 5.91 Å². The molecule has 2 amide bonds. The van der Waals surface area contributed by atoms with Crippen molar-refractivity contribution in [2.45, 2.75) is 19.8 Å². The Labute approximate surface area is 132 Å². The maximum absolute atomic E-state index is 12.1. The highest BCUT2D eigenvalue weighted by Crippen LogP contribution is 2.16. The first kappa shape index (κ1) is 16.5. The summed E-state index contributed by atoms with van der Waals surface area (Å²) < 4.78 is 0. The van der Waals surface area contributed by atoms with Gasteiger partial charge in [-0.3, -0.25) is 14.5 Å². The monoisotopic (exact) mass is 303 g/mol. The zero-order valence-corrected chi connectivity index (χ0v) is 13.6. The lowest BCUT2D eigenvalue weighted by molar-refractivity contribution is -0.117. The van der Waals surface area contributed by atoms with Crippen molar-refractivity contribution < 1.29 is 9.59 Å². The zero-order valence-electron chi connectivity index (χ0n) is 13.6. The van der Waals surface area contributed by atoms with Crippen LogP contribution in [-0.2, 0) is 4.79 Å². The number of hydrogen-bond donors (Lipinski definition) is 1. The first-order valence-corrected chi connectivity index (χ1v) is 7.79. The first-order chi connectivity index (χ1) is 10.5. The average molecular weight is 303 g/mol. The number of amides is 2. The predicted molar refractivity (Wildman–Crippen MR) is 87.9 cm³/mol. The SMILES string of the molecule is CC1CCN(CC(=O)Nc2ccc(C(=O)N(C)C)cc2)CC1. The Kier molecular flexibility index (Phi) is 5.55. The fraction of sp³-hybridized carbons (Fsp3) is 0.529. The molecular formula is C17H25N3O2. The highest BCUT2D eigenvalue weighted by molar-refractivity contribution is 5.95. The van der Waals surface area contributed by atoms with Crippen LogP contribution >= 0.6 is 0 Å². The molecule has 1 aliphatic heterocycles. The molecule has 120 valence electrons. The smallest absolute Gasteiger partial charge is 0.253 e. The number of anilines is 1. The summed E-state index contributed by atoms with van der Waals surface area (Å²) in [5.41, 5.74) is 1.35. The number of carbonyl (C=O) groups is 2. The van der Waals surface area contributed by atoms with Crippen LogP contribution in [0.4, 0.5) is 5.69 Å². The molecule has 1 saturated heterocycles. The van der Waals surface area contributed by atoms with E-state index < -0.39 is 0 Å². The Bertz CT molecular complexity index is 517. The molecular weight excluding hydrogens is 278 g/mol. The Morgan fingerprint density at radius 1 is 1.18 bits per heavy atom. The van der Waals surface area contributed by atoms with Gasteiger partial charge in [0.15, 0.2) is 0 Å². The largest absolute Gasteiger partial charge is 0.345 e. The van der Waals surface area contributed by atoms with Crippen LogP contribution in [-0.4, -0.2) is 55.3 Å². The molecule has 0 atom stereocenters. The van der Waals surface area contributed by atoms with Gasteiger partial charge in [-0.05, 0) is 56.1 Å². The van der Waals surface area contributed by atoms with Crippen molar-refractivity contribution in [2.75, 3.05) is 39.0 Å². The number of rotatable bonds is 4. The Morgan fingerprint density at radius 3 is 2.32 bits per heavy atom. The zero-order chi connectivity index (χ0) is 16.1. The molecule has 1 aromatic carbocycles. The first-order valence-electron chi connectivity index (χ1n) is 7.79. The highest BCUT2D eigenvalue weighted by atomic mass is 16.2. The molecule has 1 aliphatic rings. The second kappa shape index (κ2) is 7.40. The maximum atomic E-state index is 12.1. The molecule has 22 heavy (non-hydrogen) atoms. The van der Waals surface area contributed by atoms with E-state index in [2.05, 4.69) is 17.1 Å². The minimum Gasteiger partial charge on any atom is -0.345 e. The van der Waals surface area contributed by atoms with E-state index in [1.165, 1.54) is 4.90 Å². The summed E-state index contributed by atoms with van der Waals surface area (Å²) in [6.07, 6.45) is 2.32. The Balaban J connectivity index is 1.85. The summed E-state index contributed by atoms with van der Waals surface area (Å²) >= 11 is 0. The number of carbonyl (C=O) groups excluding carboxylic acids is 2. The lowest BCUT2D eigenvalue weighted by Crippen LogP contribution is -2.38. The fourth-order valence-corrected chi connectivity index (χ4v) is 2.58. The summed E-state index contributed by atoms with van der Waals surface area (Å²) in [5.74, 6) is 0.725. The summed E-state index contributed by atoms with van der Waals surface area (Å²) in [4.78, 5) is 27.6. The van der Waals surface area contributed by atoms with E-state index >= 15 is 0 Å². The lowest BCUT2D eigenvalue weighted by Gasteiger charge is -2.29. The van der Waals surface area contributed by atoms with Gasteiger partial charge in [0.1, 0.15) is 0 Å². The van der Waals surface area contributed by atoms with E-state index in [1.54, 1.807) is 38.4 Å². The number of nitrogens with one attached hydrogen (secondary N) is 1. The van der Waals surface area contributed by atoms with Crippen LogP contribution in [0.5, 0.6) is 0 Å². The molecule has 5 heteroatoms.